The Morgan fingerprint density at radius 1 is 1.25 bits per heavy atom. The van der Waals surface area contributed by atoms with Gasteiger partial charge in [0.05, 0.1) is 6.54 Å². The molecule has 0 aliphatic carbocycles. The highest BCUT2D eigenvalue weighted by Gasteiger charge is 2.04. The molecule has 2 rings (SSSR count). The summed E-state index contributed by atoms with van der Waals surface area (Å²) in [6, 6.07) is 6.36. The summed E-state index contributed by atoms with van der Waals surface area (Å²) in [6.45, 7) is 0.280. The molecule has 2 aromatic rings. The molecule has 82 valence electrons. The summed E-state index contributed by atoms with van der Waals surface area (Å²) in [5.74, 6) is 0. The van der Waals surface area contributed by atoms with Crippen molar-refractivity contribution in [1.82, 2.24) is 14.8 Å². The Labute approximate surface area is 101 Å². The van der Waals surface area contributed by atoms with Crippen LogP contribution in [0.3, 0.4) is 0 Å². The van der Waals surface area contributed by atoms with Crippen molar-refractivity contribution in [3.8, 4) is 0 Å². The molecule has 0 N–H and O–H groups in total. The van der Waals surface area contributed by atoms with Crippen molar-refractivity contribution < 1.29 is 0 Å². The van der Waals surface area contributed by atoms with Crippen LogP contribution in [-0.4, -0.2) is 14.8 Å². The quantitative estimate of drug-likeness (QED) is 0.772. The number of pyridine rings is 1. The minimum absolute atomic E-state index is 0.187. The van der Waals surface area contributed by atoms with Gasteiger partial charge in [-0.1, -0.05) is 29.3 Å². The normalized spacial score (nSPS) is 10.4. The molecule has 6 heteroatoms. The third kappa shape index (κ3) is 2.40. The average molecular weight is 256 g/mol. The van der Waals surface area contributed by atoms with E-state index in [0.29, 0.717) is 10.7 Å². The second-order valence-electron chi connectivity index (χ2n) is 3.10. The summed E-state index contributed by atoms with van der Waals surface area (Å²) in [4.78, 5) is 15.3. The van der Waals surface area contributed by atoms with Crippen LogP contribution in [0.1, 0.15) is 5.56 Å². The lowest BCUT2D eigenvalue weighted by Gasteiger charge is -2.05. The maximum atomic E-state index is 11.4. The van der Waals surface area contributed by atoms with E-state index in [9.17, 15) is 4.79 Å². The van der Waals surface area contributed by atoms with Crippen molar-refractivity contribution in [2.24, 2.45) is 0 Å². The Kier molecular flexibility index (Phi) is 3.22. The largest absolute Gasteiger partial charge is 0.268 e. The molecule has 0 saturated heterocycles. The fourth-order valence-electron chi connectivity index (χ4n) is 1.23. The first kappa shape index (κ1) is 11.1. The van der Waals surface area contributed by atoms with Gasteiger partial charge in [0.2, 0.25) is 0 Å². The number of nitrogens with zero attached hydrogens (tertiary/aromatic N) is 3. The molecule has 2 heterocycles. The summed E-state index contributed by atoms with van der Waals surface area (Å²) < 4.78 is 1.30. The summed E-state index contributed by atoms with van der Waals surface area (Å²) in [5, 5.41) is 4.53. The Morgan fingerprint density at radius 2 is 2.06 bits per heavy atom. The van der Waals surface area contributed by atoms with Gasteiger partial charge in [-0.3, -0.25) is 4.79 Å². The molecule has 0 aromatic carbocycles. The molecule has 0 aliphatic rings. The molecule has 0 radical (unpaired) electrons. The lowest BCUT2D eigenvalue weighted by molar-refractivity contribution is 0.637. The second kappa shape index (κ2) is 4.63. The molecule has 2 aromatic heterocycles. The van der Waals surface area contributed by atoms with Gasteiger partial charge < -0.3 is 0 Å². The average Bonchev–Trinajstić information content (AvgIpc) is 2.25. The number of halogens is 2. The van der Waals surface area contributed by atoms with E-state index in [4.69, 9.17) is 23.2 Å². The molecular formula is C10H7Cl2N3O. The van der Waals surface area contributed by atoms with Gasteiger partial charge in [0, 0.05) is 17.8 Å². The van der Waals surface area contributed by atoms with Crippen LogP contribution in [0.2, 0.25) is 10.3 Å². The van der Waals surface area contributed by atoms with E-state index in [1.165, 1.54) is 10.7 Å². The van der Waals surface area contributed by atoms with E-state index >= 15 is 0 Å². The Hall–Kier alpha value is -1.39. The van der Waals surface area contributed by atoms with Gasteiger partial charge in [0.25, 0.3) is 5.56 Å². The molecule has 0 spiro atoms. The van der Waals surface area contributed by atoms with Crippen LogP contribution in [0.15, 0.2) is 35.3 Å². The third-order valence-corrected chi connectivity index (χ3v) is 2.54. The molecular weight excluding hydrogens is 249 g/mol. The highest BCUT2D eigenvalue weighted by molar-refractivity contribution is 6.32. The lowest BCUT2D eigenvalue weighted by Crippen LogP contribution is -2.21. The smallest absolute Gasteiger partial charge is 0.267 e. The van der Waals surface area contributed by atoms with E-state index in [1.54, 1.807) is 24.4 Å². The van der Waals surface area contributed by atoms with Crippen molar-refractivity contribution in [2.45, 2.75) is 6.54 Å². The first-order valence-electron chi connectivity index (χ1n) is 4.50. The molecule has 0 bridgehead atoms. The zero-order chi connectivity index (χ0) is 11.5. The fourth-order valence-corrected chi connectivity index (χ4v) is 1.63. The van der Waals surface area contributed by atoms with Crippen molar-refractivity contribution in [1.29, 1.82) is 0 Å². The topological polar surface area (TPSA) is 47.8 Å². The Morgan fingerprint density at radius 3 is 2.75 bits per heavy atom. The van der Waals surface area contributed by atoms with Gasteiger partial charge >= 0.3 is 0 Å². The second-order valence-corrected chi connectivity index (χ2v) is 3.85. The third-order valence-electron chi connectivity index (χ3n) is 2.00. The number of rotatable bonds is 2. The van der Waals surface area contributed by atoms with E-state index in [0.717, 1.165) is 0 Å². The summed E-state index contributed by atoms with van der Waals surface area (Å²) in [5.41, 5.74) is 0.514. The first-order chi connectivity index (χ1) is 7.66. The predicted octanol–water partition coefficient (Wildman–Crippen LogP) is 1.99. The maximum absolute atomic E-state index is 11.4. The van der Waals surface area contributed by atoms with E-state index in [1.807, 2.05) is 0 Å². The molecule has 0 unspecified atom stereocenters. The number of hydrogen-bond acceptors (Lipinski definition) is 3. The van der Waals surface area contributed by atoms with Gasteiger partial charge in [-0.25, -0.2) is 9.67 Å². The molecule has 0 aliphatic heterocycles. The predicted molar refractivity (Wildman–Crippen MR) is 61.9 cm³/mol. The highest BCUT2D eigenvalue weighted by atomic mass is 35.5. The van der Waals surface area contributed by atoms with Gasteiger partial charge in [-0.05, 0) is 12.1 Å². The zero-order valence-electron chi connectivity index (χ0n) is 8.10. The van der Waals surface area contributed by atoms with Gasteiger partial charge in [-0.15, -0.1) is 0 Å². The maximum Gasteiger partial charge on any atom is 0.267 e. The zero-order valence-corrected chi connectivity index (χ0v) is 9.61. The molecule has 0 saturated carbocycles. The highest BCUT2D eigenvalue weighted by Crippen LogP contribution is 2.16. The molecule has 4 nitrogen and oxygen atoms in total. The lowest BCUT2D eigenvalue weighted by atomic mass is 10.3. The summed E-state index contributed by atoms with van der Waals surface area (Å²) in [6.07, 6.45) is 1.54. The van der Waals surface area contributed by atoms with E-state index < -0.39 is 0 Å². The van der Waals surface area contributed by atoms with Crippen LogP contribution in [-0.2, 0) is 6.54 Å². The molecule has 0 amide bonds. The monoisotopic (exact) mass is 255 g/mol. The van der Waals surface area contributed by atoms with Crippen LogP contribution < -0.4 is 5.56 Å². The van der Waals surface area contributed by atoms with Crippen molar-refractivity contribution in [2.75, 3.05) is 0 Å². The minimum atomic E-state index is -0.187. The van der Waals surface area contributed by atoms with Crippen LogP contribution >= 0.6 is 23.2 Å². The van der Waals surface area contributed by atoms with Gasteiger partial charge in [0.1, 0.15) is 10.3 Å². The van der Waals surface area contributed by atoms with E-state index in [-0.39, 0.29) is 17.3 Å². The number of hydrogen-bond donors (Lipinski definition) is 0. The van der Waals surface area contributed by atoms with Crippen molar-refractivity contribution in [3.05, 3.63) is 56.7 Å². The summed E-state index contributed by atoms with van der Waals surface area (Å²) in [7, 11) is 0. The molecule has 0 fully saturated rings. The van der Waals surface area contributed by atoms with Crippen molar-refractivity contribution in [3.63, 3.8) is 0 Å². The van der Waals surface area contributed by atoms with Crippen LogP contribution in [0.25, 0.3) is 0 Å². The summed E-state index contributed by atoms with van der Waals surface area (Å²) >= 11 is 11.6. The SMILES string of the molecule is O=c1cccnn1Cc1ccc(Cl)nc1Cl. The van der Waals surface area contributed by atoms with Gasteiger partial charge in [-0.2, -0.15) is 5.10 Å². The Bertz CT molecular complexity index is 568. The standard InChI is InChI=1S/C10H7Cl2N3O/c11-8-4-3-7(10(12)14-8)6-15-9(16)2-1-5-13-15/h1-5H,6H2. The van der Waals surface area contributed by atoms with Gasteiger partial charge in [0.15, 0.2) is 0 Å². The van der Waals surface area contributed by atoms with Crippen LogP contribution in [0.4, 0.5) is 0 Å². The molecule has 16 heavy (non-hydrogen) atoms. The fraction of sp³-hybridized carbons (Fsp3) is 0.100. The number of aromatic nitrogens is 3. The van der Waals surface area contributed by atoms with Crippen molar-refractivity contribution >= 4 is 23.2 Å². The van der Waals surface area contributed by atoms with Crippen LogP contribution in [0.5, 0.6) is 0 Å². The molecule has 0 atom stereocenters. The first-order valence-corrected chi connectivity index (χ1v) is 5.25. The van der Waals surface area contributed by atoms with E-state index in [2.05, 4.69) is 10.1 Å². The minimum Gasteiger partial charge on any atom is -0.268 e. The van der Waals surface area contributed by atoms with Crippen LogP contribution in [0, 0.1) is 0 Å². The Balaban J connectivity index is 2.35.